The quantitative estimate of drug-likeness (QED) is 0.329. The maximum atomic E-state index is 5.59. The van der Waals surface area contributed by atoms with Crippen LogP contribution in [0.5, 0.6) is 0 Å². The first-order valence-electron chi connectivity index (χ1n) is 7.93. The Bertz CT molecular complexity index is 157. The largest absolute Gasteiger partial charge is 0.353 e. The van der Waals surface area contributed by atoms with Gasteiger partial charge in [0.1, 0.15) is 0 Å². The molecule has 1 unspecified atom stereocenters. The van der Waals surface area contributed by atoms with Crippen LogP contribution < -0.4 is 0 Å². The maximum absolute atomic E-state index is 5.59. The van der Waals surface area contributed by atoms with Crippen LogP contribution in [0.3, 0.4) is 0 Å². The Kier molecular flexibility index (Phi) is 13.3. The summed E-state index contributed by atoms with van der Waals surface area (Å²) < 4.78 is 11.1. The summed E-state index contributed by atoms with van der Waals surface area (Å²) in [5, 5.41) is 0. The lowest BCUT2D eigenvalue weighted by molar-refractivity contribution is -0.151. The molecule has 0 radical (unpaired) electrons. The second kappa shape index (κ2) is 13.4. The molecule has 0 heterocycles. The molecule has 0 aliphatic rings. The summed E-state index contributed by atoms with van der Waals surface area (Å²) in [6.07, 6.45) is 12.4. The second-order valence-electron chi connectivity index (χ2n) is 5.45. The zero-order valence-corrected chi connectivity index (χ0v) is 13.0. The van der Waals surface area contributed by atoms with Crippen molar-refractivity contribution in [1.82, 2.24) is 0 Å². The van der Waals surface area contributed by atoms with Gasteiger partial charge in [-0.25, -0.2) is 0 Å². The molecular weight excluding hydrogens is 224 g/mol. The van der Waals surface area contributed by atoms with Crippen molar-refractivity contribution in [1.29, 1.82) is 0 Å². The van der Waals surface area contributed by atoms with Crippen molar-refractivity contribution in [2.75, 3.05) is 6.61 Å². The summed E-state index contributed by atoms with van der Waals surface area (Å²) >= 11 is 0. The van der Waals surface area contributed by atoms with Gasteiger partial charge in [0.25, 0.3) is 0 Å². The molecule has 0 aliphatic carbocycles. The van der Waals surface area contributed by atoms with E-state index in [1.165, 1.54) is 57.8 Å². The molecule has 0 aromatic rings. The van der Waals surface area contributed by atoms with E-state index in [9.17, 15) is 0 Å². The molecule has 0 aromatic heterocycles. The van der Waals surface area contributed by atoms with Crippen molar-refractivity contribution in [2.24, 2.45) is 0 Å². The highest BCUT2D eigenvalue weighted by Gasteiger charge is 2.03. The van der Waals surface area contributed by atoms with Gasteiger partial charge in [-0.05, 0) is 27.2 Å². The Labute approximate surface area is 114 Å². The van der Waals surface area contributed by atoms with E-state index < -0.39 is 0 Å². The number of hydrogen-bond acceptors (Lipinski definition) is 2. The molecule has 0 spiro atoms. The topological polar surface area (TPSA) is 18.5 Å². The van der Waals surface area contributed by atoms with Gasteiger partial charge in [0.05, 0.1) is 6.10 Å². The highest BCUT2D eigenvalue weighted by molar-refractivity contribution is 4.47. The third-order valence-electron chi connectivity index (χ3n) is 3.06. The van der Waals surface area contributed by atoms with E-state index in [0.29, 0.717) is 0 Å². The zero-order valence-electron chi connectivity index (χ0n) is 13.0. The Balaban J connectivity index is 3.07. The van der Waals surface area contributed by atoms with Gasteiger partial charge in [-0.1, -0.05) is 58.3 Å². The summed E-state index contributed by atoms with van der Waals surface area (Å²) in [4.78, 5) is 0. The van der Waals surface area contributed by atoms with Gasteiger partial charge in [-0.3, -0.25) is 0 Å². The third kappa shape index (κ3) is 14.0. The van der Waals surface area contributed by atoms with Crippen molar-refractivity contribution in [2.45, 2.75) is 97.9 Å². The lowest BCUT2D eigenvalue weighted by Crippen LogP contribution is -2.18. The summed E-state index contributed by atoms with van der Waals surface area (Å²) in [6.45, 7) is 9.16. The molecular formula is C16H34O2. The molecule has 0 rings (SSSR count). The lowest BCUT2D eigenvalue weighted by Gasteiger charge is -2.16. The van der Waals surface area contributed by atoms with Gasteiger partial charge >= 0.3 is 0 Å². The van der Waals surface area contributed by atoms with Crippen molar-refractivity contribution < 1.29 is 9.47 Å². The first-order chi connectivity index (χ1) is 8.66. The van der Waals surface area contributed by atoms with E-state index in [-0.39, 0.29) is 12.4 Å². The highest BCUT2D eigenvalue weighted by atomic mass is 16.7. The fourth-order valence-electron chi connectivity index (χ4n) is 2.08. The number of ether oxygens (including phenoxy) is 2. The molecule has 0 aliphatic heterocycles. The van der Waals surface area contributed by atoms with Crippen LogP contribution in [0.25, 0.3) is 0 Å². The monoisotopic (exact) mass is 258 g/mol. The van der Waals surface area contributed by atoms with E-state index in [1.807, 2.05) is 20.8 Å². The van der Waals surface area contributed by atoms with Gasteiger partial charge < -0.3 is 9.47 Å². The zero-order chi connectivity index (χ0) is 13.6. The van der Waals surface area contributed by atoms with Crippen LogP contribution in [-0.2, 0) is 9.47 Å². The minimum absolute atomic E-state index is 0.0564. The average Bonchev–Trinajstić information content (AvgIpc) is 2.30. The smallest absolute Gasteiger partial charge is 0.155 e. The van der Waals surface area contributed by atoms with E-state index in [0.717, 1.165) is 6.61 Å². The van der Waals surface area contributed by atoms with Crippen molar-refractivity contribution in [3.8, 4) is 0 Å². The van der Waals surface area contributed by atoms with Gasteiger partial charge in [0.2, 0.25) is 0 Å². The third-order valence-corrected chi connectivity index (χ3v) is 3.06. The van der Waals surface area contributed by atoms with Crippen molar-refractivity contribution >= 4 is 0 Å². The minimum atomic E-state index is -0.0564. The molecule has 0 saturated heterocycles. The Hall–Kier alpha value is -0.0800. The van der Waals surface area contributed by atoms with Crippen molar-refractivity contribution in [3.05, 3.63) is 0 Å². The predicted octanol–water partition coefficient (Wildman–Crippen LogP) is 5.30. The number of rotatable bonds is 13. The van der Waals surface area contributed by atoms with Gasteiger partial charge in [0, 0.05) is 6.61 Å². The molecule has 0 N–H and O–H groups in total. The molecule has 18 heavy (non-hydrogen) atoms. The highest BCUT2D eigenvalue weighted by Crippen LogP contribution is 2.10. The minimum Gasteiger partial charge on any atom is -0.353 e. The molecule has 1 atom stereocenters. The van der Waals surface area contributed by atoms with Crippen molar-refractivity contribution in [3.63, 3.8) is 0 Å². The first-order valence-corrected chi connectivity index (χ1v) is 7.93. The predicted molar refractivity (Wildman–Crippen MR) is 78.9 cm³/mol. The maximum Gasteiger partial charge on any atom is 0.155 e. The molecule has 0 fully saturated rings. The summed E-state index contributed by atoms with van der Waals surface area (Å²) in [5.74, 6) is 0. The van der Waals surface area contributed by atoms with Crippen LogP contribution in [0.4, 0.5) is 0 Å². The SMILES string of the molecule is CCCCCCCCCCCOC(C)OC(C)C. The normalized spacial score (nSPS) is 13.2. The van der Waals surface area contributed by atoms with Gasteiger partial charge in [-0.15, -0.1) is 0 Å². The fraction of sp³-hybridized carbons (Fsp3) is 1.00. The van der Waals surface area contributed by atoms with Crippen LogP contribution in [-0.4, -0.2) is 19.0 Å². The summed E-state index contributed by atoms with van der Waals surface area (Å²) in [7, 11) is 0. The van der Waals surface area contributed by atoms with Gasteiger partial charge in [0.15, 0.2) is 6.29 Å². The summed E-state index contributed by atoms with van der Waals surface area (Å²) in [6, 6.07) is 0. The van der Waals surface area contributed by atoms with Crippen LogP contribution in [0.15, 0.2) is 0 Å². The molecule has 110 valence electrons. The average molecular weight is 258 g/mol. The van der Waals surface area contributed by atoms with Crippen LogP contribution >= 0.6 is 0 Å². The Morgan fingerprint density at radius 3 is 1.72 bits per heavy atom. The molecule has 0 amide bonds. The number of unbranched alkanes of at least 4 members (excludes halogenated alkanes) is 8. The van der Waals surface area contributed by atoms with E-state index >= 15 is 0 Å². The molecule has 2 heteroatoms. The van der Waals surface area contributed by atoms with Gasteiger partial charge in [-0.2, -0.15) is 0 Å². The molecule has 2 nitrogen and oxygen atoms in total. The van der Waals surface area contributed by atoms with E-state index in [2.05, 4.69) is 6.92 Å². The van der Waals surface area contributed by atoms with E-state index in [1.54, 1.807) is 0 Å². The van der Waals surface area contributed by atoms with Crippen LogP contribution in [0, 0.1) is 0 Å². The number of hydrogen-bond donors (Lipinski definition) is 0. The lowest BCUT2D eigenvalue weighted by atomic mass is 10.1. The van der Waals surface area contributed by atoms with Crippen LogP contribution in [0.2, 0.25) is 0 Å². The van der Waals surface area contributed by atoms with Crippen LogP contribution in [0.1, 0.15) is 85.5 Å². The molecule has 0 aromatic carbocycles. The second-order valence-corrected chi connectivity index (χ2v) is 5.45. The Morgan fingerprint density at radius 1 is 0.722 bits per heavy atom. The standard InChI is InChI=1S/C16H34O2/c1-5-6-7-8-9-10-11-12-13-14-17-16(4)18-15(2)3/h15-16H,5-14H2,1-4H3. The first kappa shape index (κ1) is 17.9. The summed E-state index contributed by atoms with van der Waals surface area (Å²) in [5.41, 5.74) is 0. The molecule has 0 saturated carbocycles. The Morgan fingerprint density at radius 2 is 1.22 bits per heavy atom. The van der Waals surface area contributed by atoms with E-state index in [4.69, 9.17) is 9.47 Å². The molecule has 0 bridgehead atoms. The fourth-order valence-corrected chi connectivity index (χ4v) is 2.08.